The second-order valence-electron chi connectivity index (χ2n) is 7.13. The van der Waals surface area contributed by atoms with E-state index in [1.807, 2.05) is 0 Å². The van der Waals surface area contributed by atoms with Crippen molar-refractivity contribution in [3.63, 3.8) is 0 Å². The SMILES string of the molecule is Cc1cnc(OC(=O)Nc2ccc(F)c([C@]3(C)CO[C@@](C)(C(F)(F)F)C(N)=N3)n2)cn1. The first kappa shape index (κ1) is 22.3. The molecule has 1 amide bonds. The fourth-order valence-electron chi connectivity index (χ4n) is 2.66. The van der Waals surface area contributed by atoms with Crippen LogP contribution in [0.1, 0.15) is 25.2 Å². The van der Waals surface area contributed by atoms with Crippen molar-refractivity contribution in [1.29, 1.82) is 0 Å². The third-order valence-corrected chi connectivity index (χ3v) is 4.58. The van der Waals surface area contributed by atoms with Crippen LogP contribution in [0.3, 0.4) is 0 Å². The van der Waals surface area contributed by atoms with Gasteiger partial charge in [-0.1, -0.05) is 0 Å². The third kappa shape index (κ3) is 4.40. The summed E-state index contributed by atoms with van der Waals surface area (Å²) in [6.07, 6.45) is -3.19. The predicted molar refractivity (Wildman–Crippen MR) is 100.0 cm³/mol. The van der Waals surface area contributed by atoms with Crippen LogP contribution in [0.2, 0.25) is 0 Å². The highest BCUT2D eigenvalue weighted by Gasteiger charge is 2.59. The fraction of sp³-hybridized carbons (Fsp3) is 0.389. The average Bonchev–Trinajstić information content (AvgIpc) is 2.67. The lowest BCUT2D eigenvalue weighted by Crippen LogP contribution is -2.60. The number of amidine groups is 1. The van der Waals surface area contributed by atoms with Gasteiger partial charge >= 0.3 is 12.3 Å². The summed E-state index contributed by atoms with van der Waals surface area (Å²) in [5, 5.41) is 2.27. The number of ether oxygens (including phenoxy) is 2. The van der Waals surface area contributed by atoms with Gasteiger partial charge in [-0.15, -0.1) is 0 Å². The minimum absolute atomic E-state index is 0.0816. The number of rotatable bonds is 3. The molecule has 3 rings (SSSR count). The number of hydrogen-bond acceptors (Lipinski definition) is 8. The first-order valence-electron chi connectivity index (χ1n) is 8.85. The van der Waals surface area contributed by atoms with Crippen LogP contribution in [0.25, 0.3) is 0 Å². The van der Waals surface area contributed by atoms with Crippen LogP contribution in [0.5, 0.6) is 5.88 Å². The lowest BCUT2D eigenvalue weighted by molar-refractivity contribution is -0.249. The van der Waals surface area contributed by atoms with Gasteiger partial charge in [-0.25, -0.2) is 19.2 Å². The molecular weight excluding hydrogens is 424 g/mol. The molecule has 0 spiro atoms. The monoisotopic (exact) mass is 442 g/mol. The molecule has 2 aromatic heterocycles. The number of amides is 1. The van der Waals surface area contributed by atoms with Crippen molar-refractivity contribution in [2.75, 3.05) is 11.9 Å². The van der Waals surface area contributed by atoms with Gasteiger partial charge in [0.15, 0.2) is 0 Å². The summed E-state index contributed by atoms with van der Waals surface area (Å²) >= 11 is 0. The number of halogens is 4. The number of carbonyl (C=O) groups excluding carboxylic acids is 1. The number of nitrogens with zero attached hydrogens (tertiary/aromatic N) is 4. The molecule has 0 saturated heterocycles. The molecule has 166 valence electrons. The van der Waals surface area contributed by atoms with E-state index >= 15 is 0 Å². The highest BCUT2D eigenvalue weighted by atomic mass is 19.4. The molecule has 31 heavy (non-hydrogen) atoms. The van der Waals surface area contributed by atoms with Crippen molar-refractivity contribution in [2.24, 2.45) is 10.7 Å². The van der Waals surface area contributed by atoms with Crippen molar-refractivity contribution >= 4 is 17.7 Å². The molecule has 3 heterocycles. The normalized spacial score (nSPS) is 23.8. The molecule has 9 nitrogen and oxygen atoms in total. The molecule has 13 heteroatoms. The van der Waals surface area contributed by atoms with E-state index in [1.165, 1.54) is 19.3 Å². The van der Waals surface area contributed by atoms with E-state index in [9.17, 15) is 22.4 Å². The zero-order chi connectivity index (χ0) is 23.0. The maximum atomic E-state index is 14.5. The van der Waals surface area contributed by atoms with Gasteiger partial charge < -0.3 is 15.2 Å². The summed E-state index contributed by atoms with van der Waals surface area (Å²) < 4.78 is 64.2. The minimum Gasteiger partial charge on any atom is -0.389 e. The van der Waals surface area contributed by atoms with E-state index in [0.29, 0.717) is 5.69 Å². The summed E-state index contributed by atoms with van der Waals surface area (Å²) in [6, 6.07) is 2.11. The number of alkyl halides is 3. The smallest absolute Gasteiger partial charge is 0.389 e. The number of pyridine rings is 1. The molecule has 0 saturated carbocycles. The van der Waals surface area contributed by atoms with Gasteiger partial charge in [-0.3, -0.25) is 15.3 Å². The Labute approximate surface area is 173 Å². The summed E-state index contributed by atoms with van der Waals surface area (Å²) in [5.41, 5.74) is 1.30. The van der Waals surface area contributed by atoms with Crippen molar-refractivity contribution < 1.29 is 31.8 Å². The Hall–Kier alpha value is -3.35. The molecule has 0 unspecified atom stereocenters. The lowest BCUT2D eigenvalue weighted by Gasteiger charge is -2.40. The Morgan fingerprint density at radius 1 is 1.26 bits per heavy atom. The first-order chi connectivity index (χ1) is 14.3. The molecular formula is C18H18F4N6O3. The third-order valence-electron chi connectivity index (χ3n) is 4.58. The Morgan fingerprint density at radius 3 is 2.55 bits per heavy atom. The topological polar surface area (TPSA) is 125 Å². The van der Waals surface area contributed by atoms with E-state index < -0.39 is 41.7 Å². The molecule has 0 fully saturated rings. The average molecular weight is 442 g/mol. The van der Waals surface area contributed by atoms with Crippen LogP contribution in [0, 0.1) is 12.7 Å². The number of nitrogens with one attached hydrogen (secondary N) is 1. The molecule has 0 bridgehead atoms. The minimum atomic E-state index is -4.82. The van der Waals surface area contributed by atoms with Crippen molar-refractivity contribution in [2.45, 2.75) is 38.1 Å². The van der Waals surface area contributed by atoms with E-state index in [1.54, 1.807) is 6.92 Å². The molecule has 2 aromatic rings. The number of nitrogens with two attached hydrogens (primary N) is 1. The molecule has 1 aliphatic rings. The molecule has 0 aromatic carbocycles. The number of carbonyl (C=O) groups is 1. The van der Waals surface area contributed by atoms with Crippen molar-refractivity contribution in [3.05, 3.63) is 41.7 Å². The maximum Gasteiger partial charge on any atom is 0.424 e. The molecule has 3 N–H and O–H groups in total. The Morgan fingerprint density at radius 2 is 1.97 bits per heavy atom. The quantitative estimate of drug-likeness (QED) is 0.701. The highest BCUT2D eigenvalue weighted by molar-refractivity contribution is 5.90. The molecule has 2 atom stereocenters. The van der Waals surface area contributed by atoms with E-state index in [-0.39, 0.29) is 17.4 Å². The van der Waals surface area contributed by atoms with Crippen LogP contribution in [0.15, 0.2) is 29.5 Å². The fourth-order valence-corrected chi connectivity index (χ4v) is 2.66. The Kier molecular flexibility index (Phi) is 5.56. The van der Waals surface area contributed by atoms with Gasteiger partial charge in [0.25, 0.3) is 0 Å². The largest absolute Gasteiger partial charge is 0.424 e. The van der Waals surface area contributed by atoms with Crippen LogP contribution in [-0.2, 0) is 10.3 Å². The zero-order valence-electron chi connectivity index (χ0n) is 16.6. The van der Waals surface area contributed by atoms with Gasteiger partial charge in [0, 0.05) is 0 Å². The van der Waals surface area contributed by atoms with Gasteiger partial charge in [0.1, 0.15) is 28.7 Å². The molecule has 1 aliphatic heterocycles. The summed E-state index contributed by atoms with van der Waals surface area (Å²) in [5.74, 6) is -1.96. The van der Waals surface area contributed by atoms with Crippen LogP contribution in [0.4, 0.5) is 28.2 Å². The lowest BCUT2D eigenvalue weighted by atomic mass is 9.93. The van der Waals surface area contributed by atoms with E-state index in [2.05, 4.69) is 25.3 Å². The molecule has 0 aliphatic carbocycles. The van der Waals surface area contributed by atoms with E-state index in [0.717, 1.165) is 19.1 Å². The predicted octanol–water partition coefficient (Wildman–Crippen LogP) is 2.85. The number of hydrogen-bond donors (Lipinski definition) is 2. The number of anilines is 1. The van der Waals surface area contributed by atoms with Gasteiger partial charge in [0.2, 0.25) is 11.5 Å². The van der Waals surface area contributed by atoms with Crippen LogP contribution < -0.4 is 15.8 Å². The summed E-state index contributed by atoms with van der Waals surface area (Å²) in [6.45, 7) is 3.09. The van der Waals surface area contributed by atoms with Crippen LogP contribution in [-0.4, -0.2) is 45.3 Å². The number of aryl methyl sites for hydroxylation is 1. The van der Waals surface area contributed by atoms with Crippen LogP contribution >= 0.6 is 0 Å². The Balaban J connectivity index is 1.84. The highest BCUT2D eigenvalue weighted by Crippen LogP contribution is 2.41. The first-order valence-corrected chi connectivity index (χ1v) is 8.85. The summed E-state index contributed by atoms with van der Waals surface area (Å²) in [7, 11) is 0. The van der Waals surface area contributed by atoms with Crippen molar-refractivity contribution in [3.8, 4) is 5.88 Å². The number of aliphatic imine (C=N–C) groups is 1. The molecule has 0 radical (unpaired) electrons. The second kappa shape index (κ2) is 7.72. The Bertz CT molecular complexity index is 1030. The van der Waals surface area contributed by atoms with Crippen molar-refractivity contribution in [1.82, 2.24) is 15.0 Å². The summed E-state index contributed by atoms with van der Waals surface area (Å²) in [4.78, 5) is 27.6. The standard InChI is InChI=1S/C18H18F4N6O3/c1-9-6-25-12(7-24-9)31-15(29)27-11-5-4-10(19)13(26-11)16(2)8-30-17(3,14(23)28-16)18(20,21)22/h4-7H,8H2,1-3H3,(H2,23,28)(H,26,27,29)/t16-,17+/m0/s1. The van der Waals surface area contributed by atoms with Gasteiger partial charge in [-0.05, 0) is 32.9 Å². The number of aromatic nitrogens is 3. The van der Waals surface area contributed by atoms with Gasteiger partial charge in [-0.2, -0.15) is 13.2 Å². The van der Waals surface area contributed by atoms with Gasteiger partial charge in [0.05, 0.1) is 24.7 Å². The maximum absolute atomic E-state index is 14.5. The van der Waals surface area contributed by atoms with E-state index in [4.69, 9.17) is 15.2 Å². The zero-order valence-corrected chi connectivity index (χ0v) is 16.6. The second-order valence-corrected chi connectivity index (χ2v) is 7.13.